The lowest BCUT2D eigenvalue weighted by Gasteiger charge is -2.55. The average molecular weight is 257 g/mol. The zero-order valence-electron chi connectivity index (χ0n) is 11.5. The fourth-order valence-corrected chi connectivity index (χ4v) is 5.31. The molecule has 0 aromatic carbocycles. The molecule has 0 unspecified atom stereocenters. The summed E-state index contributed by atoms with van der Waals surface area (Å²) in [4.78, 5) is 9.44. The molecular formula is C16H23N3. The first-order valence-electron chi connectivity index (χ1n) is 7.79. The molecule has 1 heterocycles. The van der Waals surface area contributed by atoms with Gasteiger partial charge in [0, 0.05) is 17.8 Å². The lowest BCUT2D eigenvalue weighted by atomic mass is 9.49. The van der Waals surface area contributed by atoms with E-state index in [1.165, 1.54) is 44.1 Å². The van der Waals surface area contributed by atoms with E-state index in [1.807, 2.05) is 12.4 Å². The Kier molecular flexibility index (Phi) is 2.66. The van der Waals surface area contributed by atoms with Crippen molar-refractivity contribution in [3.8, 4) is 0 Å². The predicted octanol–water partition coefficient (Wildman–Crippen LogP) is 2.45. The highest BCUT2D eigenvalue weighted by atomic mass is 14.9. The van der Waals surface area contributed by atoms with Gasteiger partial charge in [0.1, 0.15) is 5.82 Å². The predicted molar refractivity (Wildman–Crippen MR) is 74.6 cm³/mol. The molecule has 0 spiro atoms. The second-order valence-electron chi connectivity index (χ2n) is 7.15. The van der Waals surface area contributed by atoms with Crippen molar-refractivity contribution in [2.45, 2.75) is 50.4 Å². The van der Waals surface area contributed by atoms with Gasteiger partial charge in [-0.15, -0.1) is 0 Å². The van der Waals surface area contributed by atoms with Crippen LogP contribution in [-0.2, 0) is 11.8 Å². The zero-order valence-corrected chi connectivity index (χ0v) is 11.5. The molecule has 3 heteroatoms. The van der Waals surface area contributed by atoms with Gasteiger partial charge >= 0.3 is 0 Å². The number of nitrogens with two attached hydrogens (primary N) is 1. The third-order valence-corrected chi connectivity index (χ3v) is 5.65. The second-order valence-corrected chi connectivity index (χ2v) is 7.15. The number of aromatic nitrogens is 2. The minimum Gasteiger partial charge on any atom is -0.330 e. The molecule has 5 rings (SSSR count). The van der Waals surface area contributed by atoms with Crippen molar-refractivity contribution < 1.29 is 0 Å². The van der Waals surface area contributed by atoms with Crippen LogP contribution in [0.1, 0.15) is 49.9 Å². The maximum Gasteiger partial charge on any atom is 0.134 e. The fraction of sp³-hybridized carbons (Fsp3) is 0.750. The number of rotatable bonds is 3. The summed E-state index contributed by atoms with van der Waals surface area (Å²) >= 11 is 0. The fourth-order valence-electron chi connectivity index (χ4n) is 5.31. The van der Waals surface area contributed by atoms with Crippen LogP contribution in [-0.4, -0.2) is 16.5 Å². The van der Waals surface area contributed by atoms with Gasteiger partial charge in [-0.25, -0.2) is 9.97 Å². The van der Waals surface area contributed by atoms with Crippen LogP contribution in [0, 0.1) is 17.8 Å². The minimum absolute atomic E-state index is 0.329. The Labute approximate surface area is 115 Å². The summed E-state index contributed by atoms with van der Waals surface area (Å²) < 4.78 is 0. The van der Waals surface area contributed by atoms with Gasteiger partial charge in [0.2, 0.25) is 0 Å². The van der Waals surface area contributed by atoms with Crippen molar-refractivity contribution in [3.63, 3.8) is 0 Å². The van der Waals surface area contributed by atoms with E-state index >= 15 is 0 Å². The van der Waals surface area contributed by atoms with E-state index in [9.17, 15) is 0 Å². The van der Waals surface area contributed by atoms with Crippen LogP contribution in [0.25, 0.3) is 0 Å². The van der Waals surface area contributed by atoms with Crippen molar-refractivity contribution in [2.75, 3.05) is 6.54 Å². The Bertz CT molecular complexity index is 430. The highest BCUT2D eigenvalue weighted by molar-refractivity contribution is 5.18. The van der Waals surface area contributed by atoms with Crippen LogP contribution in [0.5, 0.6) is 0 Å². The van der Waals surface area contributed by atoms with Crippen molar-refractivity contribution in [2.24, 2.45) is 23.5 Å². The Morgan fingerprint density at radius 1 is 1.00 bits per heavy atom. The summed E-state index contributed by atoms with van der Waals surface area (Å²) in [7, 11) is 0. The molecule has 19 heavy (non-hydrogen) atoms. The summed E-state index contributed by atoms with van der Waals surface area (Å²) in [5, 5.41) is 0. The van der Waals surface area contributed by atoms with E-state index in [-0.39, 0.29) is 0 Å². The average Bonchev–Trinajstić information content (AvgIpc) is 2.38. The lowest BCUT2D eigenvalue weighted by molar-refractivity contribution is -0.00942. The third kappa shape index (κ3) is 1.90. The Balaban J connectivity index is 1.64. The van der Waals surface area contributed by atoms with Gasteiger partial charge in [-0.05, 0) is 74.8 Å². The summed E-state index contributed by atoms with van der Waals surface area (Å²) in [6.07, 6.45) is 13.4. The number of hydrogen-bond acceptors (Lipinski definition) is 3. The molecule has 0 radical (unpaired) electrons. The van der Waals surface area contributed by atoms with Crippen LogP contribution in [0.3, 0.4) is 0 Å². The largest absolute Gasteiger partial charge is 0.330 e. The Morgan fingerprint density at radius 2 is 1.53 bits per heavy atom. The quantitative estimate of drug-likeness (QED) is 0.905. The van der Waals surface area contributed by atoms with Crippen LogP contribution in [0.2, 0.25) is 0 Å². The molecule has 0 aliphatic heterocycles. The molecule has 0 atom stereocenters. The van der Waals surface area contributed by atoms with Crippen molar-refractivity contribution >= 4 is 0 Å². The van der Waals surface area contributed by atoms with Gasteiger partial charge < -0.3 is 5.73 Å². The van der Waals surface area contributed by atoms with Crippen LogP contribution < -0.4 is 5.73 Å². The van der Waals surface area contributed by atoms with Crippen molar-refractivity contribution in [3.05, 3.63) is 23.8 Å². The number of hydrogen-bond donors (Lipinski definition) is 1. The molecule has 4 aliphatic carbocycles. The summed E-state index contributed by atoms with van der Waals surface area (Å²) in [5.74, 6) is 4.00. The van der Waals surface area contributed by atoms with Crippen LogP contribution >= 0.6 is 0 Å². The smallest absolute Gasteiger partial charge is 0.134 e. The van der Waals surface area contributed by atoms with Crippen molar-refractivity contribution in [1.82, 2.24) is 9.97 Å². The van der Waals surface area contributed by atoms with Gasteiger partial charge in [-0.1, -0.05) is 0 Å². The van der Waals surface area contributed by atoms with Gasteiger partial charge in [-0.3, -0.25) is 0 Å². The van der Waals surface area contributed by atoms with E-state index in [0.717, 1.165) is 30.0 Å². The highest BCUT2D eigenvalue weighted by Gasteiger charge is 2.52. The maximum atomic E-state index is 5.59. The van der Waals surface area contributed by atoms with Gasteiger partial charge in [0.25, 0.3) is 0 Å². The molecule has 0 saturated heterocycles. The Morgan fingerprint density at radius 3 is 2.00 bits per heavy atom. The van der Waals surface area contributed by atoms with E-state index in [1.54, 1.807) is 0 Å². The van der Waals surface area contributed by atoms with Crippen LogP contribution in [0.4, 0.5) is 0 Å². The minimum atomic E-state index is 0.329. The number of nitrogens with zero attached hydrogens (tertiary/aromatic N) is 2. The topological polar surface area (TPSA) is 51.8 Å². The first-order chi connectivity index (χ1) is 9.27. The summed E-state index contributed by atoms with van der Waals surface area (Å²) in [5.41, 5.74) is 7.10. The first kappa shape index (κ1) is 11.8. The Hall–Kier alpha value is -0.960. The first-order valence-corrected chi connectivity index (χ1v) is 7.79. The maximum absolute atomic E-state index is 5.59. The molecule has 102 valence electrons. The normalized spacial score (nSPS) is 39.7. The molecule has 4 bridgehead atoms. The third-order valence-electron chi connectivity index (χ3n) is 5.65. The van der Waals surface area contributed by atoms with Crippen LogP contribution in [0.15, 0.2) is 12.4 Å². The monoisotopic (exact) mass is 257 g/mol. The van der Waals surface area contributed by atoms with Gasteiger partial charge in [-0.2, -0.15) is 0 Å². The van der Waals surface area contributed by atoms with Gasteiger partial charge in [0.05, 0.1) is 0 Å². The molecule has 1 aromatic rings. The zero-order chi connectivity index (χ0) is 12.9. The SMILES string of the molecule is NCCc1cnc(C23CC4CC(CC(C4)C2)C3)nc1. The second kappa shape index (κ2) is 4.27. The summed E-state index contributed by atoms with van der Waals surface area (Å²) in [6, 6.07) is 0. The molecule has 2 N–H and O–H groups in total. The molecule has 1 aromatic heterocycles. The molecular weight excluding hydrogens is 234 g/mol. The van der Waals surface area contributed by atoms with E-state index < -0.39 is 0 Å². The standard InChI is InChI=1S/C16H23N3/c17-2-1-11-9-18-15(19-10-11)16-6-12-3-13(7-16)5-14(4-12)8-16/h9-10,12-14H,1-8,17H2. The van der Waals surface area contributed by atoms with E-state index in [0.29, 0.717) is 12.0 Å². The molecule has 4 aliphatic rings. The molecule has 0 amide bonds. The van der Waals surface area contributed by atoms with E-state index in [4.69, 9.17) is 15.7 Å². The van der Waals surface area contributed by atoms with Crippen molar-refractivity contribution in [1.29, 1.82) is 0 Å². The van der Waals surface area contributed by atoms with Gasteiger partial charge in [0.15, 0.2) is 0 Å². The molecule has 4 fully saturated rings. The molecule has 3 nitrogen and oxygen atoms in total. The highest BCUT2D eigenvalue weighted by Crippen LogP contribution is 2.59. The lowest BCUT2D eigenvalue weighted by Crippen LogP contribution is -2.49. The molecule has 4 saturated carbocycles. The summed E-state index contributed by atoms with van der Waals surface area (Å²) in [6.45, 7) is 0.681. The van der Waals surface area contributed by atoms with E-state index in [2.05, 4.69) is 0 Å².